The molecule has 0 saturated carbocycles. The Morgan fingerprint density at radius 2 is 2.19 bits per heavy atom. The maximum Gasteiger partial charge on any atom is 0.243 e. The Bertz CT molecular complexity index is 699. The highest BCUT2D eigenvalue weighted by atomic mass is 32.2. The topological polar surface area (TPSA) is 83.6 Å². The molecule has 3 N–H and O–H groups in total. The molecule has 6 heteroatoms. The number of rotatable bonds is 2. The van der Waals surface area contributed by atoms with E-state index in [2.05, 4.69) is 11.8 Å². The molecule has 0 spiro atoms. The molecule has 5 nitrogen and oxygen atoms in total. The highest BCUT2D eigenvalue weighted by Gasteiger charge is 2.38. The highest BCUT2D eigenvalue weighted by molar-refractivity contribution is 7.89. The summed E-state index contributed by atoms with van der Waals surface area (Å²) in [6.45, 7) is 4.08. The lowest BCUT2D eigenvalue weighted by molar-refractivity contribution is 0.0762. The normalized spacial score (nSPS) is 22.9. The number of nitrogens with two attached hydrogens (primary N) is 1. The average Bonchev–Trinajstić information content (AvgIpc) is 2.78. The van der Waals surface area contributed by atoms with Crippen LogP contribution >= 0.6 is 0 Å². The molecule has 1 aromatic carbocycles. The fourth-order valence-corrected chi connectivity index (χ4v) is 4.17. The van der Waals surface area contributed by atoms with Crippen molar-refractivity contribution in [2.45, 2.75) is 30.8 Å². The quantitative estimate of drug-likeness (QED) is 0.777. The van der Waals surface area contributed by atoms with Gasteiger partial charge in [0.15, 0.2) is 0 Å². The van der Waals surface area contributed by atoms with Crippen LogP contribution in [-0.4, -0.2) is 43.1 Å². The molecule has 0 aromatic heterocycles. The van der Waals surface area contributed by atoms with Gasteiger partial charge in [-0.25, -0.2) is 8.42 Å². The van der Waals surface area contributed by atoms with Crippen LogP contribution in [0.15, 0.2) is 23.1 Å². The van der Waals surface area contributed by atoms with Gasteiger partial charge in [-0.3, -0.25) is 0 Å². The summed E-state index contributed by atoms with van der Waals surface area (Å²) >= 11 is 0. The van der Waals surface area contributed by atoms with E-state index in [1.54, 1.807) is 32.0 Å². The zero-order chi connectivity index (χ0) is 15.7. The maximum atomic E-state index is 12.7. The van der Waals surface area contributed by atoms with Crippen molar-refractivity contribution in [3.63, 3.8) is 0 Å². The van der Waals surface area contributed by atoms with Crippen LogP contribution in [0.3, 0.4) is 0 Å². The summed E-state index contributed by atoms with van der Waals surface area (Å²) in [5.74, 6) is 5.56. The van der Waals surface area contributed by atoms with Gasteiger partial charge in [0.2, 0.25) is 10.0 Å². The second-order valence-corrected chi connectivity index (χ2v) is 7.48. The van der Waals surface area contributed by atoms with E-state index < -0.39 is 15.6 Å². The first-order valence-electron chi connectivity index (χ1n) is 6.78. The molecule has 1 heterocycles. The Balaban J connectivity index is 2.40. The first-order valence-corrected chi connectivity index (χ1v) is 8.22. The fourth-order valence-electron chi connectivity index (χ4n) is 2.36. The van der Waals surface area contributed by atoms with Gasteiger partial charge >= 0.3 is 0 Å². The molecule has 1 aliphatic heterocycles. The summed E-state index contributed by atoms with van der Waals surface area (Å²) in [5, 5.41) is 9.97. The zero-order valence-corrected chi connectivity index (χ0v) is 13.1. The van der Waals surface area contributed by atoms with Crippen molar-refractivity contribution < 1.29 is 13.5 Å². The Labute approximate surface area is 125 Å². The molecular formula is C15H20N2O3S. The third kappa shape index (κ3) is 3.44. The van der Waals surface area contributed by atoms with E-state index in [0.29, 0.717) is 24.1 Å². The van der Waals surface area contributed by atoms with E-state index in [1.165, 1.54) is 4.31 Å². The Morgan fingerprint density at radius 3 is 2.76 bits per heavy atom. The molecule has 114 valence electrons. The Kier molecular flexibility index (Phi) is 4.40. The van der Waals surface area contributed by atoms with Gasteiger partial charge in [-0.15, -0.1) is 0 Å². The molecular weight excluding hydrogens is 288 g/mol. The van der Waals surface area contributed by atoms with Crippen molar-refractivity contribution in [1.29, 1.82) is 0 Å². The third-order valence-electron chi connectivity index (χ3n) is 3.56. The molecule has 1 aromatic rings. The number of hydrogen-bond donors (Lipinski definition) is 2. The minimum absolute atomic E-state index is 0.119. The van der Waals surface area contributed by atoms with Crippen LogP contribution in [0.5, 0.6) is 0 Å². The number of sulfonamides is 1. The predicted octanol–water partition coefficient (Wildman–Crippen LogP) is 0.451. The van der Waals surface area contributed by atoms with Crippen LogP contribution < -0.4 is 5.73 Å². The van der Waals surface area contributed by atoms with Gasteiger partial charge in [0.25, 0.3) is 0 Å². The highest BCUT2D eigenvalue weighted by Crippen LogP contribution is 2.28. The summed E-state index contributed by atoms with van der Waals surface area (Å²) in [6.07, 6.45) is 0.442. The van der Waals surface area contributed by atoms with Crippen molar-refractivity contribution in [2.75, 3.05) is 19.6 Å². The van der Waals surface area contributed by atoms with Crippen molar-refractivity contribution in [3.05, 3.63) is 29.3 Å². The molecule has 1 unspecified atom stereocenters. The second kappa shape index (κ2) is 5.78. The van der Waals surface area contributed by atoms with Gasteiger partial charge in [0, 0.05) is 18.7 Å². The maximum absolute atomic E-state index is 12.7. The van der Waals surface area contributed by atoms with Crippen LogP contribution in [0, 0.1) is 18.8 Å². The minimum atomic E-state index is -3.61. The van der Waals surface area contributed by atoms with Gasteiger partial charge in [0.1, 0.15) is 0 Å². The first kappa shape index (κ1) is 16.0. The van der Waals surface area contributed by atoms with Crippen molar-refractivity contribution in [1.82, 2.24) is 4.31 Å². The molecule has 1 atom stereocenters. The lowest BCUT2D eigenvalue weighted by Crippen LogP contribution is -2.34. The van der Waals surface area contributed by atoms with Crippen LogP contribution in [0.2, 0.25) is 0 Å². The molecule has 1 fully saturated rings. The van der Waals surface area contributed by atoms with Crippen molar-refractivity contribution >= 4 is 10.0 Å². The summed E-state index contributed by atoms with van der Waals surface area (Å²) in [6, 6.07) is 5.08. The van der Waals surface area contributed by atoms with Gasteiger partial charge < -0.3 is 10.8 Å². The van der Waals surface area contributed by atoms with Gasteiger partial charge in [-0.2, -0.15) is 4.31 Å². The Hall–Kier alpha value is -1.39. The molecule has 21 heavy (non-hydrogen) atoms. The summed E-state index contributed by atoms with van der Waals surface area (Å²) in [4.78, 5) is 0.240. The van der Waals surface area contributed by atoms with Crippen LogP contribution in [-0.2, 0) is 10.0 Å². The molecule has 0 radical (unpaired) electrons. The number of β-amino-alcohol motifs (C(OH)–C–C–N with tert-alkyl or cyclic N) is 1. The molecule has 1 saturated heterocycles. The average molecular weight is 308 g/mol. The van der Waals surface area contributed by atoms with Gasteiger partial charge in [-0.05, 0) is 38.0 Å². The number of hydrogen-bond acceptors (Lipinski definition) is 4. The summed E-state index contributed by atoms with van der Waals surface area (Å²) < 4.78 is 26.8. The van der Waals surface area contributed by atoms with Gasteiger partial charge in [-0.1, -0.05) is 17.9 Å². The van der Waals surface area contributed by atoms with E-state index in [1.807, 2.05) is 0 Å². The monoisotopic (exact) mass is 308 g/mol. The van der Waals surface area contributed by atoms with E-state index in [-0.39, 0.29) is 18.0 Å². The number of nitrogens with zero attached hydrogens (tertiary/aromatic N) is 1. The van der Waals surface area contributed by atoms with Crippen molar-refractivity contribution in [3.8, 4) is 11.8 Å². The predicted molar refractivity (Wildman–Crippen MR) is 81.1 cm³/mol. The lowest BCUT2D eigenvalue weighted by atomic mass is 10.1. The molecule has 2 rings (SSSR count). The first-order chi connectivity index (χ1) is 9.76. The third-order valence-corrected chi connectivity index (χ3v) is 5.54. The zero-order valence-electron chi connectivity index (χ0n) is 12.3. The van der Waals surface area contributed by atoms with Crippen molar-refractivity contribution in [2.24, 2.45) is 5.73 Å². The molecule has 1 aliphatic rings. The number of aryl methyl sites for hydroxylation is 1. The summed E-state index contributed by atoms with van der Waals surface area (Å²) in [7, 11) is -3.61. The summed E-state index contributed by atoms with van der Waals surface area (Å²) in [5.41, 5.74) is 5.66. The van der Waals surface area contributed by atoms with Gasteiger partial charge in [0.05, 0.1) is 17.0 Å². The molecule has 0 aliphatic carbocycles. The minimum Gasteiger partial charge on any atom is -0.389 e. The number of benzene rings is 1. The SMILES string of the molecule is Cc1ccc(C#CCN)cc1S(=O)(=O)N1CCC(C)(O)C1. The van der Waals surface area contributed by atoms with E-state index >= 15 is 0 Å². The fraction of sp³-hybridized carbons (Fsp3) is 0.467. The molecule has 0 amide bonds. The van der Waals surface area contributed by atoms with Crippen LogP contribution in [0.4, 0.5) is 0 Å². The van der Waals surface area contributed by atoms with Crippen LogP contribution in [0.25, 0.3) is 0 Å². The van der Waals surface area contributed by atoms with E-state index in [0.717, 1.165) is 0 Å². The van der Waals surface area contributed by atoms with E-state index in [9.17, 15) is 13.5 Å². The largest absolute Gasteiger partial charge is 0.389 e. The Morgan fingerprint density at radius 1 is 1.48 bits per heavy atom. The standard InChI is InChI=1S/C15H20N2O3S/c1-12-5-6-13(4-3-8-16)10-14(12)21(19,20)17-9-7-15(2,18)11-17/h5-6,10,18H,7-9,11,16H2,1-2H3. The second-order valence-electron chi connectivity index (χ2n) is 5.57. The molecule has 0 bridgehead atoms. The van der Waals surface area contributed by atoms with E-state index in [4.69, 9.17) is 5.73 Å². The van der Waals surface area contributed by atoms with Crippen LogP contribution in [0.1, 0.15) is 24.5 Å². The lowest BCUT2D eigenvalue weighted by Gasteiger charge is -2.20. The smallest absolute Gasteiger partial charge is 0.243 e. The number of aliphatic hydroxyl groups is 1.